The zero-order valence-electron chi connectivity index (χ0n) is 11.2. The van der Waals surface area contributed by atoms with Gasteiger partial charge in [-0.3, -0.25) is 4.79 Å². The second-order valence-corrected chi connectivity index (χ2v) is 5.82. The molecule has 1 aromatic carbocycles. The molecule has 3 heteroatoms. The third kappa shape index (κ3) is 3.66. The molecule has 0 aliphatic heterocycles. The summed E-state index contributed by atoms with van der Waals surface area (Å²) >= 11 is 5.90. The summed E-state index contributed by atoms with van der Waals surface area (Å²) in [4.78, 5) is 23.6. The number of ketones is 2. The van der Waals surface area contributed by atoms with E-state index in [-0.39, 0.29) is 17.6 Å². The molecule has 0 amide bonds. The third-order valence-corrected chi connectivity index (χ3v) is 4.15. The van der Waals surface area contributed by atoms with E-state index in [0.717, 1.165) is 24.8 Å². The van der Waals surface area contributed by atoms with Gasteiger partial charge in [0.25, 0.3) is 0 Å². The average molecular weight is 279 g/mol. The van der Waals surface area contributed by atoms with Gasteiger partial charge < -0.3 is 4.79 Å². The SMILES string of the molecule is CC(=O)CC(c1ccc(Cl)cc1)C1CCCCC1=O. The number of halogens is 1. The Labute approximate surface area is 119 Å². The summed E-state index contributed by atoms with van der Waals surface area (Å²) in [6.45, 7) is 1.59. The maximum absolute atomic E-state index is 12.1. The Bertz CT molecular complexity index is 464. The van der Waals surface area contributed by atoms with E-state index in [2.05, 4.69) is 0 Å². The van der Waals surface area contributed by atoms with Crippen molar-refractivity contribution in [1.82, 2.24) is 0 Å². The van der Waals surface area contributed by atoms with E-state index in [1.807, 2.05) is 24.3 Å². The van der Waals surface area contributed by atoms with Gasteiger partial charge in [0, 0.05) is 29.7 Å². The van der Waals surface area contributed by atoms with Crippen molar-refractivity contribution < 1.29 is 9.59 Å². The second kappa shape index (κ2) is 6.33. The van der Waals surface area contributed by atoms with Gasteiger partial charge in [-0.1, -0.05) is 30.2 Å². The maximum Gasteiger partial charge on any atom is 0.136 e. The van der Waals surface area contributed by atoms with Gasteiger partial charge in [0.15, 0.2) is 0 Å². The number of rotatable bonds is 4. The molecule has 0 saturated heterocycles. The number of carbonyl (C=O) groups is 2. The van der Waals surface area contributed by atoms with Crippen LogP contribution in [0.2, 0.25) is 5.02 Å². The molecular formula is C16H19ClO2. The van der Waals surface area contributed by atoms with Crippen molar-refractivity contribution in [2.24, 2.45) is 5.92 Å². The number of carbonyl (C=O) groups excluding carboxylic acids is 2. The van der Waals surface area contributed by atoms with E-state index in [1.54, 1.807) is 6.92 Å². The molecule has 1 saturated carbocycles. The van der Waals surface area contributed by atoms with Crippen LogP contribution in [0.3, 0.4) is 0 Å². The van der Waals surface area contributed by atoms with Gasteiger partial charge in [-0.25, -0.2) is 0 Å². The fourth-order valence-electron chi connectivity index (χ4n) is 2.95. The number of hydrogen-bond acceptors (Lipinski definition) is 2. The van der Waals surface area contributed by atoms with Crippen LogP contribution in [0.5, 0.6) is 0 Å². The van der Waals surface area contributed by atoms with Gasteiger partial charge in [-0.15, -0.1) is 0 Å². The van der Waals surface area contributed by atoms with Crippen LogP contribution in [0, 0.1) is 5.92 Å². The molecule has 2 atom stereocenters. The smallest absolute Gasteiger partial charge is 0.136 e. The van der Waals surface area contributed by atoms with Gasteiger partial charge in [-0.05, 0) is 37.5 Å². The van der Waals surface area contributed by atoms with E-state index in [9.17, 15) is 9.59 Å². The van der Waals surface area contributed by atoms with E-state index >= 15 is 0 Å². The van der Waals surface area contributed by atoms with E-state index < -0.39 is 0 Å². The highest BCUT2D eigenvalue weighted by atomic mass is 35.5. The van der Waals surface area contributed by atoms with Crippen molar-refractivity contribution in [2.75, 3.05) is 0 Å². The van der Waals surface area contributed by atoms with Crippen LogP contribution in [0.25, 0.3) is 0 Å². The predicted molar refractivity (Wildman–Crippen MR) is 76.5 cm³/mol. The number of hydrogen-bond donors (Lipinski definition) is 0. The van der Waals surface area contributed by atoms with Crippen LogP contribution < -0.4 is 0 Å². The molecule has 19 heavy (non-hydrogen) atoms. The Morgan fingerprint density at radius 3 is 2.58 bits per heavy atom. The standard InChI is InChI=1S/C16H19ClO2/c1-11(18)10-15(12-6-8-13(17)9-7-12)14-4-2-3-5-16(14)19/h6-9,14-15H,2-5,10H2,1H3. The van der Waals surface area contributed by atoms with E-state index in [4.69, 9.17) is 11.6 Å². The minimum atomic E-state index is -0.00109. The molecule has 0 bridgehead atoms. The van der Waals surface area contributed by atoms with Crippen LogP contribution in [0.1, 0.15) is 50.5 Å². The van der Waals surface area contributed by atoms with Crippen LogP contribution in [0.15, 0.2) is 24.3 Å². The second-order valence-electron chi connectivity index (χ2n) is 5.38. The monoisotopic (exact) mass is 278 g/mol. The Morgan fingerprint density at radius 1 is 1.32 bits per heavy atom. The number of benzene rings is 1. The minimum Gasteiger partial charge on any atom is -0.300 e. The fourth-order valence-corrected chi connectivity index (χ4v) is 3.07. The van der Waals surface area contributed by atoms with Gasteiger partial charge in [0.1, 0.15) is 11.6 Å². The minimum absolute atomic E-state index is 0.00109. The fraction of sp³-hybridized carbons (Fsp3) is 0.500. The van der Waals surface area contributed by atoms with Gasteiger partial charge in [0.05, 0.1) is 0 Å². The Balaban J connectivity index is 2.26. The zero-order valence-corrected chi connectivity index (χ0v) is 12.0. The molecule has 2 nitrogen and oxygen atoms in total. The first-order valence-corrected chi connectivity index (χ1v) is 7.23. The van der Waals surface area contributed by atoms with Gasteiger partial charge >= 0.3 is 0 Å². The highest BCUT2D eigenvalue weighted by molar-refractivity contribution is 6.30. The van der Waals surface area contributed by atoms with Crippen molar-refractivity contribution in [2.45, 2.75) is 44.9 Å². The summed E-state index contributed by atoms with van der Waals surface area (Å²) in [6, 6.07) is 7.55. The summed E-state index contributed by atoms with van der Waals surface area (Å²) in [6.07, 6.45) is 4.07. The summed E-state index contributed by atoms with van der Waals surface area (Å²) < 4.78 is 0. The molecule has 2 rings (SSSR count). The van der Waals surface area contributed by atoms with Crippen molar-refractivity contribution in [3.05, 3.63) is 34.9 Å². The molecule has 0 aromatic heterocycles. The lowest BCUT2D eigenvalue weighted by Crippen LogP contribution is -2.27. The molecule has 0 radical (unpaired) electrons. The molecule has 0 N–H and O–H groups in total. The maximum atomic E-state index is 12.1. The van der Waals surface area contributed by atoms with Crippen LogP contribution in [-0.4, -0.2) is 11.6 Å². The lowest BCUT2D eigenvalue weighted by atomic mass is 9.74. The zero-order chi connectivity index (χ0) is 13.8. The van der Waals surface area contributed by atoms with Crippen molar-refractivity contribution >= 4 is 23.2 Å². The molecule has 1 aliphatic carbocycles. The Hall–Kier alpha value is -1.15. The normalized spacial score (nSPS) is 21.2. The summed E-state index contributed by atoms with van der Waals surface area (Å²) in [5, 5.41) is 0.681. The molecule has 1 fully saturated rings. The van der Waals surface area contributed by atoms with E-state index in [0.29, 0.717) is 23.6 Å². The summed E-state index contributed by atoms with van der Waals surface area (Å²) in [7, 11) is 0. The van der Waals surface area contributed by atoms with Crippen molar-refractivity contribution in [1.29, 1.82) is 0 Å². The molecular weight excluding hydrogens is 260 g/mol. The lowest BCUT2D eigenvalue weighted by Gasteiger charge is -2.29. The van der Waals surface area contributed by atoms with E-state index in [1.165, 1.54) is 0 Å². The van der Waals surface area contributed by atoms with Crippen molar-refractivity contribution in [3.8, 4) is 0 Å². The van der Waals surface area contributed by atoms with Crippen LogP contribution in [0.4, 0.5) is 0 Å². The highest BCUT2D eigenvalue weighted by Crippen LogP contribution is 2.36. The Kier molecular flexibility index (Phi) is 4.76. The Morgan fingerprint density at radius 2 is 2.00 bits per heavy atom. The molecule has 0 spiro atoms. The molecule has 102 valence electrons. The molecule has 1 aliphatic rings. The van der Waals surface area contributed by atoms with Crippen LogP contribution in [-0.2, 0) is 9.59 Å². The number of Topliss-reactive ketones (excluding diaryl/α,β-unsaturated/α-hetero) is 2. The summed E-state index contributed by atoms with van der Waals surface area (Å²) in [5.74, 6) is 0.465. The van der Waals surface area contributed by atoms with Gasteiger partial charge in [-0.2, -0.15) is 0 Å². The molecule has 2 unspecified atom stereocenters. The third-order valence-electron chi connectivity index (χ3n) is 3.89. The lowest BCUT2D eigenvalue weighted by molar-refractivity contribution is -0.126. The predicted octanol–water partition coefficient (Wildman–Crippen LogP) is 4.16. The van der Waals surface area contributed by atoms with Crippen LogP contribution >= 0.6 is 11.6 Å². The average Bonchev–Trinajstić information content (AvgIpc) is 2.38. The molecule has 1 aromatic rings. The van der Waals surface area contributed by atoms with Crippen molar-refractivity contribution in [3.63, 3.8) is 0 Å². The molecule has 0 heterocycles. The highest BCUT2D eigenvalue weighted by Gasteiger charge is 2.31. The topological polar surface area (TPSA) is 34.1 Å². The summed E-state index contributed by atoms with van der Waals surface area (Å²) in [5.41, 5.74) is 1.06. The first-order valence-electron chi connectivity index (χ1n) is 6.85. The quantitative estimate of drug-likeness (QED) is 0.829. The largest absolute Gasteiger partial charge is 0.300 e. The first kappa shape index (κ1) is 14.3. The van der Waals surface area contributed by atoms with Gasteiger partial charge in [0.2, 0.25) is 0 Å². The first-order chi connectivity index (χ1) is 9.08.